The number of ether oxygens (including phenoxy) is 1. The minimum Gasteiger partial charge on any atom is -0.495 e. The summed E-state index contributed by atoms with van der Waals surface area (Å²) in [5.41, 5.74) is 2.79. The van der Waals surface area contributed by atoms with Gasteiger partial charge in [0.1, 0.15) is 17.7 Å². The predicted molar refractivity (Wildman–Crippen MR) is 112 cm³/mol. The van der Waals surface area contributed by atoms with E-state index in [1.54, 1.807) is 20.1 Å². The number of hydrogen-bond acceptors (Lipinski definition) is 7. The van der Waals surface area contributed by atoms with Gasteiger partial charge in [0.2, 0.25) is 0 Å². The van der Waals surface area contributed by atoms with Crippen molar-refractivity contribution in [3.8, 4) is 5.75 Å². The molecule has 0 radical (unpaired) electrons. The van der Waals surface area contributed by atoms with E-state index in [1.165, 1.54) is 6.07 Å². The molecule has 0 aliphatic heterocycles. The summed E-state index contributed by atoms with van der Waals surface area (Å²) in [6.45, 7) is 9.58. The fourth-order valence-electron chi connectivity index (χ4n) is 2.63. The Morgan fingerprint density at radius 1 is 1.11 bits per heavy atom. The SMILES string of the molecule is CC.COc1ccc(C)cc1Nc1ccc(C(C)NC(C)ON)cc1[N+](=O)[O-]. The van der Waals surface area contributed by atoms with E-state index in [1.807, 2.05) is 52.0 Å². The quantitative estimate of drug-likeness (QED) is 0.344. The summed E-state index contributed by atoms with van der Waals surface area (Å²) in [6, 6.07) is 10.5. The minimum absolute atomic E-state index is 0.0268. The number of anilines is 2. The Morgan fingerprint density at radius 2 is 1.79 bits per heavy atom. The van der Waals surface area contributed by atoms with Gasteiger partial charge >= 0.3 is 0 Å². The first kappa shape index (κ1) is 23.4. The molecule has 2 aromatic rings. The summed E-state index contributed by atoms with van der Waals surface area (Å²) in [7, 11) is 1.56. The zero-order chi connectivity index (χ0) is 21.3. The van der Waals surface area contributed by atoms with Crippen molar-refractivity contribution in [2.24, 2.45) is 5.90 Å². The molecule has 154 valence electrons. The highest BCUT2D eigenvalue weighted by Crippen LogP contribution is 2.34. The molecule has 0 amide bonds. The number of nitro benzene ring substituents is 1. The summed E-state index contributed by atoms with van der Waals surface area (Å²) in [5, 5.41) is 17.8. The third kappa shape index (κ3) is 6.19. The van der Waals surface area contributed by atoms with Crippen LogP contribution in [0.1, 0.15) is 44.9 Å². The Bertz CT molecular complexity index is 783. The lowest BCUT2D eigenvalue weighted by Crippen LogP contribution is -2.33. The van der Waals surface area contributed by atoms with Crippen molar-refractivity contribution in [3.05, 3.63) is 57.6 Å². The molecule has 0 aromatic heterocycles. The van der Waals surface area contributed by atoms with E-state index in [9.17, 15) is 10.1 Å². The van der Waals surface area contributed by atoms with E-state index in [-0.39, 0.29) is 18.0 Å². The molecule has 0 saturated heterocycles. The van der Waals surface area contributed by atoms with E-state index in [0.29, 0.717) is 17.1 Å². The number of nitrogens with zero attached hydrogens (tertiary/aromatic N) is 1. The van der Waals surface area contributed by atoms with Crippen LogP contribution in [0.4, 0.5) is 17.1 Å². The van der Waals surface area contributed by atoms with Crippen molar-refractivity contribution < 1.29 is 14.5 Å². The molecule has 0 spiro atoms. The fourth-order valence-corrected chi connectivity index (χ4v) is 2.63. The molecule has 0 fully saturated rings. The predicted octanol–water partition coefficient (Wildman–Crippen LogP) is 4.57. The normalized spacial score (nSPS) is 12.4. The number of nitrogens with one attached hydrogen (secondary N) is 2. The van der Waals surface area contributed by atoms with Gasteiger partial charge in [0.25, 0.3) is 5.69 Å². The Morgan fingerprint density at radius 3 is 2.36 bits per heavy atom. The number of aryl methyl sites for hydroxylation is 1. The largest absolute Gasteiger partial charge is 0.495 e. The van der Waals surface area contributed by atoms with Gasteiger partial charge in [-0.15, -0.1) is 0 Å². The van der Waals surface area contributed by atoms with Crippen LogP contribution in [-0.4, -0.2) is 18.3 Å². The number of nitro groups is 1. The van der Waals surface area contributed by atoms with Crippen LogP contribution < -0.4 is 21.3 Å². The first-order valence-electron chi connectivity index (χ1n) is 9.17. The lowest BCUT2D eigenvalue weighted by Gasteiger charge is -2.19. The lowest BCUT2D eigenvalue weighted by atomic mass is 10.1. The summed E-state index contributed by atoms with van der Waals surface area (Å²) >= 11 is 0. The molecule has 2 aromatic carbocycles. The average molecular weight is 390 g/mol. The van der Waals surface area contributed by atoms with Gasteiger partial charge < -0.3 is 10.1 Å². The molecule has 0 bridgehead atoms. The molecular formula is C20H30N4O4. The maximum atomic E-state index is 11.6. The van der Waals surface area contributed by atoms with Crippen LogP contribution in [0.2, 0.25) is 0 Å². The Labute approximate surface area is 166 Å². The molecular weight excluding hydrogens is 360 g/mol. The zero-order valence-electron chi connectivity index (χ0n) is 17.3. The lowest BCUT2D eigenvalue weighted by molar-refractivity contribution is -0.384. The van der Waals surface area contributed by atoms with Crippen LogP contribution in [0.15, 0.2) is 36.4 Å². The van der Waals surface area contributed by atoms with Gasteiger partial charge in [-0.3, -0.25) is 20.3 Å². The zero-order valence-corrected chi connectivity index (χ0v) is 17.3. The van der Waals surface area contributed by atoms with Crippen LogP contribution in [0.3, 0.4) is 0 Å². The van der Waals surface area contributed by atoms with E-state index in [0.717, 1.165) is 11.1 Å². The third-order valence-corrected chi connectivity index (χ3v) is 4.03. The summed E-state index contributed by atoms with van der Waals surface area (Å²) in [4.78, 5) is 15.8. The number of hydrogen-bond donors (Lipinski definition) is 3. The number of methoxy groups -OCH3 is 1. The number of benzene rings is 2. The number of rotatable bonds is 8. The second-order valence-corrected chi connectivity index (χ2v) is 6.03. The van der Waals surface area contributed by atoms with Crippen LogP contribution in [-0.2, 0) is 4.84 Å². The smallest absolute Gasteiger partial charge is 0.292 e. The topological polar surface area (TPSA) is 112 Å². The summed E-state index contributed by atoms with van der Waals surface area (Å²) in [5.74, 6) is 5.74. The van der Waals surface area contributed by atoms with E-state index >= 15 is 0 Å². The first-order chi connectivity index (χ1) is 13.3. The van der Waals surface area contributed by atoms with Crippen LogP contribution in [0.25, 0.3) is 0 Å². The maximum Gasteiger partial charge on any atom is 0.292 e. The van der Waals surface area contributed by atoms with Crippen molar-refractivity contribution in [1.82, 2.24) is 5.32 Å². The van der Waals surface area contributed by atoms with Gasteiger partial charge in [-0.2, -0.15) is 0 Å². The third-order valence-electron chi connectivity index (χ3n) is 4.03. The van der Waals surface area contributed by atoms with Gasteiger partial charge in [-0.05, 0) is 50.1 Å². The van der Waals surface area contributed by atoms with Gasteiger partial charge in [0, 0.05) is 12.1 Å². The first-order valence-corrected chi connectivity index (χ1v) is 9.17. The van der Waals surface area contributed by atoms with Crippen molar-refractivity contribution in [3.63, 3.8) is 0 Å². The van der Waals surface area contributed by atoms with Crippen LogP contribution in [0.5, 0.6) is 5.75 Å². The number of nitrogens with two attached hydrogens (primary N) is 1. The maximum absolute atomic E-state index is 11.6. The average Bonchev–Trinajstić information content (AvgIpc) is 2.69. The fraction of sp³-hybridized carbons (Fsp3) is 0.400. The molecule has 2 atom stereocenters. The highest BCUT2D eigenvalue weighted by Gasteiger charge is 2.19. The Balaban J connectivity index is 0.00000190. The molecule has 28 heavy (non-hydrogen) atoms. The van der Waals surface area contributed by atoms with Gasteiger partial charge in [-0.25, -0.2) is 5.90 Å². The van der Waals surface area contributed by atoms with Crippen LogP contribution >= 0.6 is 0 Å². The van der Waals surface area contributed by atoms with Crippen molar-refractivity contribution in [1.29, 1.82) is 0 Å². The molecule has 0 aliphatic carbocycles. The molecule has 0 aliphatic rings. The second kappa shape index (κ2) is 11.2. The summed E-state index contributed by atoms with van der Waals surface area (Å²) < 4.78 is 5.32. The monoisotopic (exact) mass is 390 g/mol. The van der Waals surface area contributed by atoms with Crippen molar-refractivity contribution in [2.75, 3.05) is 12.4 Å². The van der Waals surface area contributed by atoms with E-state index < -0.39 is 4.92 Å². The molecule has 8 heteroatoms. The second-order valence-electron chi connectivity index (χ2n) is 6.03. The highest BCUT2D eigenvalue weighted by molar-refractivity contribution is 5.74. The molecule has 2 rings (SSSR count). The standard InChI is InChI=1S/C18H24N4O4.C2H6/c1-11-5-8-18(25-4)16(9-11)21-15-7-6-14(10-17(15)22(23)24)12(2)20-13(3)26-19;1-2/h5-10,12-13,20-21H,19H2,1-4H3;1-2H3. The van der Waals surface area contributed by atoms with E-state index in [2.05, 4.69) is 15.5 Å². The van der Waals surface area contributed by atoms with Crippen molar-refractivity contribution >= 4 is 17.1 Å². The minimum atomic E-state index is -0.413. The summed E-state index contributed by atoms with van der Waals surface area (Å²) in [6.07, 6.45) is -0.376. The van der Waals surface area contributed by atoms with Crippen LogP contribution in [0, 0.1) is 17.0 Å². The molecule has 0 heterocycles. The molecule has 4 N–H and O–H groups in total. The van der Waals surface area contributed by atoms with Crippen molar-refractivity contribution in [2.45, 2.75) is 46.9 Å². The van der Waals surface area contributed by atoms with Gasteiger partial charge in [0.05, 0.1) is 17.7 Å². The van der Waals surface area contributed by atoms with Gasteiger partial charge in [0.15, 0.2) is 0 Å². The molecule has 0 saturated carbocycles. The Kier molecular flexibility index (Phi) is 9.37. The molecule has 8 nitrogen and oxygen atoms in total. The van der Waals surface area contributed by atoms with E-state index in [4.69, 9.17) is 10.6 Å². The van der Waals surface area contributed by atoms with Gasteiger partial charge in [-0.1, -0.05) is 26.0 Å². The molecule has 2 unspecified atom stereocenters. The highest BCUT2D eigenvalue weighted by atomic mass is 16.6. The Hall–Kier alpha value is -2.68.